The van der Waals surface area contributed by atoms with Gasteiger partial charge in [-0.15, -0.1) is 0 Å². The average Bonchev–Trinajstić information content (AvgIpc) is 4.02. The largest absolute Gasteiger partial charge is 0.497 e. The molecular formula is C48H65N3O17. The first kappa shape index (κ1) is 52.1. The van der Waals surface area contributed by atoms with Gasteiger partial charge in [0.05, 0.1) is 164 Å². The number of carbonyl (C=O) groups is 2. The number of nitrogens with zero attached hydrogens (tertiary/aromatic N) is 2. The number of hydrogen-bond acceptors (Lipinski definition) is 18. The van der Waals surface area contributed by atoms with E-state index >= 15 is 0 Å². The third-order valence-corrected chi connectivity index (χ3v) is 11.3. The second-order valence-corrected chi connectivity index (χ2v) is 15.6. The van der Waals surface area contributed by atoms with Gasteiger partial charge in [0.2, 0.25) is 12.7 Å². The standard InChI is InChI=1S/C48H65N3O17/c1-56-36-6-4-35(5-7-36)51-30-39-45(44(33-26-34(31-52)47(58-3)42(27-33)57-2)37-28-40-41(68-32-67-40)29-38(37)46(39)50-51)48(55)49-9-11-60-13-15-62-17-19-64-21-23-66-25-24-65-22-20-63-18-16-61-14-12-59-10-8-43(53)54/h4-7,26-29,39,44-45,52H,8-25,30-32H2,1-3H3,(H,49,55)(H,53,54)/t39-,44+,45-/m0/s1. The Morgan fingerprint density at radius 3 is 1.75 bits per heavy atom. The number of rotatable bonds is 34. The summed E-state index contributed by atoms with van der Waals surface area (Å²) in [5, 5.41) is 29.2. The molecule has 0 aromatic heterocycles. The molecule has 0 radical (unpaired) electrons. The smallest absolute Gasteiger partial charge is 0.305 e. The molecule has 20 heteroatoms. The van der Waals surface area contributed by atoms with Crippen LogP contribution in [-0.4, -0.2) is 175 Å². The summed E-state index contributed by atoms with van der Waals surface area (Å²) in [6.07, 6.45) is -0.0200. The van der Waals surface area contributed by atoms with Gasteiger partial charge < -0.3 is 77.1 Å². The SMILES string of the molecule is COc1ccc(N2C[C@@H]3C(=N2)c2cc4c(cc2[C@@H](c2cc(CO)c(OC)c(OC)c2)[C@H]3C(=O)NCCOCCOCCOCCOCCOCCOCCOCCOCCC(=O)O)OCO4)cc1. The maximum absolute atomic E-state index is 14.7. The van der Waals surface area contributed by atoms with Crippen molar-refractivity contribution >= 4 is 23.3 Å². The van der Waals surface area contributed by atoms with Gasteiger partial charge in [0.25, 0.3) is 0 Å². The van der Waals surface area contributed by atoms with Crippen molar-refractivity contribution in [1.29, 1.82) is 0 Å². The molecule has 1 aliphatic carbocycles. The van der Waals surface area contributed by atoms with Gasteiger partial charge in [-0.1, -0.05) is 0 Å². The van der Waals surface area contributed by atoms with Crippen molar-refractivity contribution in [1.82, 2.24) is 5.32 Å². The van der Waals surface area contributed by atoms with Crippen molar-refractivity contribution in [3.63, 3.8) is 0 Å². The monoisotopic (exact) mass is 955 g/mol. The van der Waals surface area contributed by atoms with E-state index in [2.05, 4.69) is 5.32 Å². The van der Waals surface area contributed by atoms with Crippen molar-refractivity contribution in [3.05, 3.63) is 70.8 Å². The van der Waals surface area contributed by atoms with Gasteiger partial charge in [0.15, 0.2) is 23.0 Å². The van der Waals surface area contributed by atoms with Crippen LogP contribution in [0.25, 0.3) is 0 Å². The number of hydrazone groups is 1. The van der Waals surface area contributed by atoms with Gasteiger partial charge >= 0.3 is 5.97 Å². The van der Waals surface area contributed by atoms with Crippen molar-refractivity contribution < 1.29 is 81.4 Å². The number of amides is 1. The molecule has 3 aromatic carbocycles. The lowest BCUT2D eigenvalue weighted by molar-refractivity contribution is -0.138. The van der Waals surface area contributed by atoms with E-state index in [0.29, 0.717) is 128 Å². The van der Waals surface area contributed by atoms with Crippen LogP contribution >= 0.6 is 0 Å². The molecular weight excluding hydrogens is 891 g/mol. The zero-order valence-corrected chi connectivity index (χ0v) is 39.1. The van der Waals surface area contributed by atoms with Crippen LogP contribution in [-0.2, 0) is 54.1 Å². The van der Waals surface area contributed by atoms with E-state index < -0.39 is 17.8 Å². The number of aliphatic hydroxyl groups excluding tert-OH is 1. The molecule has 0 saturated carbocycles. The summed E-state index contributed by atoms with van der Waals surface area (Å²) >= 11 is 0. The van der Waals surface area contributed by atoms with Crippen LogP contribution in [0.2, 0.25) is 0 Å². The minimum atomic E-state index is -0.887. The van der Waals surface area contributed by atoms with Crippen molar-refractivity contribution in [2.45, 2.75) is 18.9 Å². The van der Waals surface area contributed by atoms with E-state index in [1.165, 1.54) is 7.11 Å². The predicted molar refractivity (Wildman–Crippen MR) is 246 cm³/mol. The van der Waals surface area contributed by atoms with Crippen LogP contribution in [0.1, 0.15) is 34.6 Å². The zero-order valence-electron chi connectivity index (χ0n) is 39.1. The lowest BCUT2D eigenvalue weighted by Gasteiger charge is -2.38. The second-order valence-electron chi connectivity index (χ2n) is 15.6. The van der Waals surface area contributed by atoms with Crippen LogP contribution in [0.5, 0.6) is 28.7 Å². The Balaban J connectivity index is 0.915. The molecule has 0 saturated heterocycles. The Labute approximate surface area is 396 Å². The van der Waals surface area contributed by atoms with E-state index in [0.717, 1.165) is 33.8 Å². The van der Waals surface area contributed by atoms with E-state index in [9.17, 15) is 14.7 Å². The molecule has 20 nitrogen and oxygen atoms in total. The number of carboxylic acid groups (broad SMARTS) is 1. The Kier molecular flexibility index (Phi) is 21.6. The van der Waals surface area contributed by atoms with Crippen LogP contribution in [0.15, 0.2) is 53.6 Å². The number of anilines is 1. The quantitative estimate of drug-likeness (QED) is 0.0731. The Hall–Kier alpha value is -5.29. The minimum absolute atomic E-state index is 0.0200. The van der Waals surface area contributed by atoms with Crippen molar-refractivity contribution in [2.75, 3.05) is 152 Å². The molecule has 3 N–H and O–H groups in total. The maximum Gasteiger partial charge on any atom is 0.305 e. The molecule has 0 unspecified atom stereocenters. The molecule has 0 bridgehead atoms. The highest BCUT2D eigenvalue weighted by Crippen LogP contribution is 2.51. The second kappa shape index (κ2) is 28.3. The number of carbonyl (C=O) groups excluding carboxylic acids is 1. The summed E-state index contributed by atoms with van der Waals surface area (Å²) in [4.78, 5) is 25.1. The minimum Gasteiger partial charge on any atom is -0.497 e. The van der Waals surface area contributed by atoms with E-state index in [-0.39, 0.29) is 51.4 Å². The van der Waals surface area contributed by atoms with Gasteiger partial charge in [0.1, 0.15) is 5.75 Å². The summed E-state index contributed by atoms with van der Waals surface area (Å²) < 4.78 is 72.5. The van der Waals surface area contributed by atoms with Crippen molar-refractivity contribution in [3.8, 4) is 28.7 Å². The van der Waals surface area contributed by atoms with Gasteiger partial charge in [-0.2, -0.15) is 5.10 Å². The van der Waals surface area contributed by atoms with Crippen LogP contribution in [0, 0.1) is 11.8 Å². The van der Waals surface area contributed by atoms with Crippen molar-refractivity contribution in [2.24, 2.45) is 16.9 Å². The summed E-state index contributed by atoms with van der Waals surface area (Å²) in [5.41, 5.74) is 4.59. The van der Waals surface area contributed by atoms with Gasteiger partial charge in [-0.3, -0.25) is 14.6 Å². The molecule has 0 fully saturated rings. The average molecular weight is 956 g/mol. The van der Waals surface area contributed by atoms with Gasteiger partial charge in [0, 0.05) is 29.5 Å². The van der Waals surface area contributed by atoms with Gasteiger partial charge in [-0.25, -0.2) is 0 Å². The van der Waals surface area contributed by atoms with Crippen LogP contribution < -0.4 is 34.0 Å². The number of methoxy groups -OCH3 is 3. The molecule has 3 aliphatic rings. The molecule has 3 aromatic rings. The summed E-state index contributed by atoms with van der Waals surface area (Å²) in [7, 11) is 4.69. The highest BCUT2D eigenvalue weighted by Gasteiger charge is 2.49. The lowest BCUT2D eigenvalue weighted by atomic mass is 9.65. The Morgan fingerprint density at radius 1 is 0.691 bits per heavy atom. The predicted octanol–water partition coefficient (Wildman–Crippen LogP) is 3.26. The first-order chi connectivity index (χ1) is 33.4. The summed E-state index contributed by atoms with van der Waals surface area (Å²) in [5.74, 6) is 0.202. The fourth-order valence-electron chi connectivity index (χ4n) is 8.09. The fourth-order valence-corrected chi connectivity index (χ4v) is 8.09. The van der Waals surface area contributed by atoms with E-state index in [4.69, 9.17) is 71.8 Å². The molecule has 2 heterocycles. The van der Waals surface area contributed by atoms with Crippen LogP contribution in [0.3, 0.4) is 0 Å². The normalized spacial score (nSPS) is 16.9. The summed E-state index contributed by atoms with van der Waals surface area (Å²) in [6.45, 7) is 6.61. The number of aliphatic carboxylic acids is 1. The number of fused-ring (bicyclic) bond motifs is 4. The number of carboxylic acids is 1. The molecule has 0 spiro atoms. The molecule has 374 valence electrons. The molecule has 1 amide bonds. The number of ether oxygens (including phenoxy) is 13. The maximum atomic E-state index is 14.7. The van der Waals surface area contributed by atoms with Gasteiger partial charge in [-0.05, 0) is 59.7 Å². The van der Waals surface area contributed by atoms with E-state index in [1.807, 2.05) is 53.5 Å². The third-order valence-electron chi connectivity index (χ3n) is 11.3. The first-order valence-corrected chi connectivity index (χ1v) is 22.8. The molecule has 6 rings (SSSR count). The molecule has 2 aliphatic heterocycles. The highest BCUT2D eigenvalue weighted by molar-refractivity contribution is 6.10. The number of aliphatic hydroxyl groups is 1. The fraction of sp³-hybridized carbons (Fsp3) is 0.562. The van der Waals surface area contributed by atoms with Crippen LogP contribution in [0.4, 0.5) is 5.69 Å². The number of hydrogen-bond donors (Lipinski definition) is 3. The Bertz CT molecular complexity index is 2030. The Morgan fingerprint density at radius 2 is 1.24 bits per heavy atom. The lowest BCUT2D eigenvalue weighted by Crippen LogP contribution is -2.46. The van der Waals surface area contributed by atoms with E-state index in [1.54, 1.807) is 14.2 Å². The number of nitrogens with one attached hydrogen (secondary N) is 1. The number of benzene rings is 3. The molecule has 68 heavy (non-hydrogen) atoms. The third kappa shape index (κ3) is 14.9. The molecule has 3 atom stereocenters. The topological polar surface area (TPSA) is 222 Å². The highest BCUT2D eigenvalue weighted by atomic mass is 16.7. The summed E-state index contributed by atoms with van der Waals surface area (Å²) in [6, 6.07) is 15.3. The first-order valence-electron chi connectivity index (χ1n) is 22.8. The zero-order chi connectivity index (χ0) is 47.9.